The molecule has 2 aliphatic heterocycles. The van der Waals surface area contributed by atoms with E-state index in [4.69, 9.17) is 15.2 Å². The third-order valence-corrected chi connectivity index (χ3v) is 5.61. The Labute approximate surface area is 150 Å². The van der Waals surface area contributed by atoms with Crippen LogP contribution in [0, 0.1) is 5.41 Å². The SMILES string of the molecule is NCC1(C(=O)N2CCC(OCCc3ccccc3)CC2)CCOCC1. The smallest absolute Gasteiger partial charge is 0.230 e. The summed E-state index contributed by atoms with van der Waals surface area (Å²) < 4.78 is 11.4. The van der Waals surface area contributed by atoms with Gasteiger partial charge in [-0.3, -0.25) is 4.79 Å². The number of amides is 1. The zero-order chi connectivity index (χ0) is 17.5. The summed E-state index contributed by atoms with van der Waals surface area (Å²) in [5.74, 6) is 0.223. The average Bonchev–Trinajstić information content (AvgIpc) is 2.69. The van der Waals surface area contributed by atoms with Crippen molar-refractivity contribution in [2.45, 2.75) is 38.2 Å². The molecule has 0 bridgehead atoms. The monoisotopic (exact) mass is 346 g/mol. The predicted octanol–water partition coefficient (Wildman–Crippen LogP) is 1.99. The lowest BCUT2D eigenvalue weighted by Crippen LogP contribution is -2.53. The maximum atomic E-state index is 13.0. The van der Waals surface area contributed by atoms with Gasteiger partial charge in [-0.1, -0.05) is 30.3 Å². The first-order valence-electron chi connectivity index (χ1n) is 9.46. The van der Waals surface area contributed by atoms with Crippen molar-refractivity contribution in [1.29, 1.82) is 0 Å². The van der Waals surface area contributed by atoms with E-state index in [2.05, 4.69) is 24.3 Å². The summed E-state index contributed by atoms with van der Waals surface area (Å²) in [5.41, 5.74) is 6.87. The molecule has 0 spiro atoms. The third-order valence-electron chi connectivity index (χ3n) is 5.61. The van der Waals surface area contributed by atoms with Crippen molar-refractivity contribution < 1.29 is 14.3 Å². The third kappa shape index (κ3) is 4.60. The van der Waals surface area contributed by atoms with Crippen LogP contribution in [0.1, 0.15) is 31.2 Å². The van der Waals surface area contributed by atoms with Crippen LogP contribution in [0.15, 0.2) is 30.3 Å². The molecule has 0 aliphatic carbocycles. The molecule has 1 amide bonds. The lowest BCUT2D eigenvalue weighted by molar-refractivity contribution is -0.149. The molecule has 3 rings (SSSR count). The van der Waals surface area contributed by atoms with Gasteiger partial charge in [0.25, 0.3) is 0 Å². The highest BCUT2D eigenvalue weighted by Gasteiger charge is 2.42. The zero-order valence-corrected chi connectivity index (χ0v) is 15.0. The minimum Gasteiger partial charge on any atom is -0.381 e. The summed E-state index contributed by atoms with van der Waals surface area (Å²) in [6.07, 6.45) is 4.52. The molecule has 2 saturated heterocycles. The summed E-state index contributed by atoms with van der Waals surface area (Å²) in [6.45, 7) is 3.99. The van der Waals surface area contributed by atoms with Gasteiger partial charge in [0.2, 0.25) is 5.91 Å². The number of nitrogens with two attached hydrogens (primary N) is 1. The molecule has 0 saturated carbocycles. The Morgan fingerprint density at radius 3 is 2.52 bits per heavy atom. The minimum absolute atomic E-state index is 0.223. The van der Waals surface area contributed by atoms with Crippen molar-refractivity contribution in [3.05, 3.63) is 35.9 Å². The summed E-state index contributed by atoms with van der Waals surface area (Å²) in [5, 5.41) is 0. The van der Waals surface area contributed by atoms with Gasteiger partial charge in [0.15, 0.2) is 0 Å². The van der Waals surface area contributed by atoms with Crippen LogP contribution in [0.3, 0.4) is 0 Å². The molecule has 1 aromatic rings. The number of rotatable bonds is 6. The number of nitrogens with zero attached hydrogens (tertiary/aromatic N) is 1. The molecule has 2 heterocycles. The first-order valence-corrected chi connectivity index (χ1v) is 9.46. The molecule has 138 valence electrons. The van der Waals surface area contributed by atoms with E-state index in [0.29, 0.717) is 19.8 Å². The standard InChI is InChI=1S/C20H30N2O3/c21-16-20(9-14-24-15-10-20)19(23)22-11-6-18(7-12-22)25-13-8-17-4-2-1-3-5-17/h1-5,18H,6-16,21H2. The molecule has 0 aromatic heterocycles. The number of ether oxygens (including phenoxy) is 2. The Morgan fingerprint density at radius 2 is 1.88 bits per heavy atom. The molecule has 0 unspecified atom stereocenters. The van der Waals surface area contributed by atoms with Gasteiger partial charge in [-0.05, 0) is 37.7 Å². The fourth-order valence-corrected chi connectivity index (χ4v) is 3.82. The van der Waals surface area contributed by atoms with Crippen molar-refractivity contribution in [2.75, 3.05) is 39.5 Å². The predicted molar refractivity (Wildman–Crippen MR) is 97.2 cm³/mol. The highest BCUT2D eigenvalue weighted by atomic mass is 16.5. The fourth-order valence-electron chi connectivity index (χ4n) is 3.82. The van der Waals surface area contributed by atoms with Gasteiger partial charge in [0, 0.05) is 32.8 Å². The summed E-state index contributed by atoms with van der Waals surface area (Å²) in [7, 11) is 0. The molecule has 1 aromatic carbocycles. The van der Waals surface area contributed by atoms with E-state index in [1.807, 2.05) is 11.0 Å². The van der Waals surface area contributed by atoms with Crippen LogP contribution >= 0.6 is 0 Å². The number of carbonyl (C=O) groups excluding carboxylic acids is 1. The Hall–Kier alpha value is -1.43. The van der Waals surface area contributed by atoms with Crippen LogP contribution in [0.25, 0.3) is 0 Å². The molecular formula is C20H30N2O3. The van der Waals surface area contributed by atoms with E-state index in [0.717, 1.165) is 51.8 Å². The molecule has 2 N–H and O–H groups in total. The first-order chi connectivity index (χ1) is 12.2. The van der Waals surface area contributed by atoms with Gasteiger partial charge in [-0.15, -0.1) is 0 Å². The van der Waals surface area contributed by atoms with E-state index in [-0.39, 0.29) is 12.0 Å². The Kier molecular flexibility index (Phi) is 6.45. The van der Waals surface area contributed by atoms with Gasteiger partial charge >= 0.3 is 0 Å². The Morgan fingerprint density at radius 1 is 1.20 bits per heavy atom. The second-order valence-corrected chi connectivity index (χ2v) is 7.19. The summed E-state index contributed by atoms with van der Waals surface area (Å²) >= 11 is 0. The topological polar surface area (TPSA) is 64.8 Å². The van der Waals surface area contributed by atoms with Crippen LogP contribution in [-0.2, 0) is 20.7 Å². The molecule has 2 fully saturated rings. The summed E-state index contributed by atoms with van der Waals surface area (Å²) in [6, 6.07) is 10.4. The van der Waals surface area contributed by atoms with Gasteiger partial charge < -0.3 is 20.1 Å². The Bertz CT molecular complexity index is 535. The van der Waals surface area contributed by atoms with Crippen molar-refractivity contribution in [2.24, 2.45) is 11.1 Å². The van der Waals surface area contributed by atoms with E-state index in [1.54, 1.807) is 0 Å². The average molecular weight is 346 g/mol. The number of carbonyl (C=O) groups is 1. The number of hydrogen-bond donors (Lipinski definition) is 1. The quantitative estimate of drug-likeness (QED) is 0.856. The number of hydrogen-bond acceptors (Lipinski definition) is 4. The number of piperidine rings is 1. The van der Waals surface area contributed by atoms with Crippen LogP contribution in [0.5, 0.6) is 0 Å². The zero-order valence-electron chi connectivity index (χ0n) is 15.0. The second kappa shape index (κ2) is 8.79. The lowest BCUT2D eigenvalue weighted by atomic mass is 9.78. The molecule has 0 radical (unpaired) electrons. The molecular weight excluding hydrogens is 316 g/mol. The second-order valence-electron chi connectivity index (χ2n) is 7.19. The van der Waals surface area contributed by atoms with E-state index < -0.39 is 5.41 Å². The van der Waals surface area contributed by atoms with Crippen LogP contribution in [0.2, 0.25) is 0 Å². The normalized spacial score (nSPS) is 21.2. The molecule has 5 nitrogen and oxygen atoms in total. The van der Waals surface area contributed by atoms with Gasteiger partial charge in [0.1, 0.15) is 0 Å². The van der Waals surface area contributed by atoms with Crippen molar-refractivity contribution in [1.82, 2.24) is 4.90 Å². The molecule has 5 heteroatoms. The van der Waals surface area contributed by atoms with Crippen molar-refractivity contribution in [3.8, 4) is 0 Å². The maximum Gasteiger partial charge on any atom is 0.230 e. The van der Waals surface area contributed by atoms with E-state index >= 15 is 0 Å². The minimum atomic E-state index is -0.404. The van der Waals surface area contributed by atoms with Gasteiger partial charge in [-0.25, -0.2) is 0 Å². The van der Waals surface area contributed by atoms with Crippen LogP contribution < -0.4 is 5.73 Å². The van der Waals surface area contributed by atoms with Crippen LogP contribution in [0.4, 0.5) is 0 Å². The van der Waals surface area contributed by atoms with Gasteiger partial charge in [-0.2, -0.15) is 0 Å². The van der Waals surface area contributed by atoms with Gasteiger partial charge in [0.05, 0.1) is 18.1 Å². The Balaban J connectivity index is 1.42. The largest absolute Gasteiger partial charge is 0.381 e. The highest BCUT2D eigenvalue weighted by molar-refractivity contribution is 5.83. The number of likely N-dealkylation sites (tertiary alicyclic amines) is 1. The molecule has 25 heavy (non-hydrogen) atoms. The molecule has 0 atom stereocenters. The molecule has 2 aliphatic rings. The lowest BCUT2D eigenvalue weighted by Gasteiger charge is -2.41. The van der Waals surface area contributed by atoms with E-state index in [1.165, 1.54) is 5.56 Å². The fraction of sp³-hybridized carbons (Fsp3) is 0.650. The van der Waals surface area contributed by atoms with E-state index in [9.17, 15) is 4.79 Å². The highest BCUT2D eigenvalue weighted by Crippen LogP contribution is 2.32. The van der Waals surface area contributed by atoms with Crippen molar-refractivity contribution >= 4 is 5.91 Å². The number of benzene rings is 1. The summed E-state index contributed by atoms with van der Waals surface area (Å²) in [4.78, 5) is 15.0. The van der Waals surface area contributed by atoms with Crippen molar-refractivity contribution in [3.63, 3.8) is 0 Å². The van der Waals surface area contributed by atoms with Crippen LogP contribution in [-0.4, -0.2) is 56.4 Å². The maximum absolute atomic E-state index is 13.0. The first kappa shape index (κ1) is 18.4.